The molecule has 2 unspecified atom stereocenters. The standard InChI is InChI=1S/C21H19NO7/c1-13(24)19(21(27)28)10-17(25)11-29-18-8-4-15(5-9-18)20(26)14-2-6-16(7-3-14)22-12-23/h2-9,13,19,24H,10-11H2,1H3,(H,27,28). The number of carboxylic acid groups (broad SMARTS) is 1. The lowest BCUT2D eigenvalue weighted by Gasteiger charge is -2.14. The van der Waals surface area contributed by atoms with Gasteiger partial charge in [-0.1, -0.05) is 0 Å². The summed E-state index contributed by atoms with van der Waals surface area (Å²) < 4.78 is 5.33. The van der Waals surface area contributed by atoms with Gasteiger partial charge in [-0.3, -0.25) is 14.4 Å². The number of carbonyl (C=O) groups is 3. The summed E-state index contributed by atoms with van der Waals surface area (Å²) in [5, 5.41) is 18.4. The first-order valence-electron chi connectivity index (χ1n) is 8.70. The summed E-state index contributed by atoms with van der Waals surface area (Å²) in [6.45, 7) is 0.966. The van der Waals surface area contributed by atoms with Crippen LogP contribution in [-0.2, 0) is 14.4 Å². The fraction of sp³-hybridized carbons (Fsp3) is 0.238. The van der Waals surface area contributed by atoms with Crippen LogP contribution >= 0.6 is 0 Å². The number of aliphatic hydroxyl groups excluding tert-OH is 1. The number of carbonyl (C=O) groups excluding carboxylic acids is 3. The van der Waals surface area contributed by atoms with E-state index >= 15 is 0 Å². The molecule has 8 heteroatoms. The average Bonchev–Trinajstić information content (AvgIpc) is 2.70. The molecule has 2 atom stereocenters. The summed E-state index contributed by atoms with van der Waals surface area (Å²) in [5.41, 5.74) is 1.21. The van der Waals surface area contributed by atoms with Gasteiger partial charge in [0.05, 0.1) is 17.7 Å². The fourth-order valence-corrected chi connectivity index (χ4v) is 2.54. The van der Waals surface area contributed by atoms with Gasteiger partial charge < -0.3 is 14.9 Å². The van der Waals surface area contributed by atoms with E-state index in [-0.39, 0.29) is 18.8 Å². The van der Waals surface area contributed by atoms with E-state index in [0.717, 1.165) is 0 Å². The number of hydrogen-bond acceptors (Lipinski definition) is 7. The number of Topliss-reactive ketones (excluding diaryl/α,β-unsaturated/α-hetero) is 1. The van der Waals surface area contributed by atoms with Crippen molar-refractivity contribution in [2.75, 3.05) is 6.61 Å². The van der Waals surface area contributed by atoms with Crippen LogP contribution in [0.1, 0.15) is 29.3 Å². The van der Waals surface area contributed by atoms with Gasteiger partial charge in [0.2, 0.25) is 6.08 Å². The van der Waals surface area contributed by atoms with Crippen LogP contribution in [0.5, 0.6) is 5.75 Å². The number of carboxylic acids is 1. The second kappa shape index (κ2) is 10.1. The number of hydrogen-bond donors (Lipinski definition) is 2. The van der Waals surface area contributed by atoms with Crippen LogP contribution in [0.4, 0.5) is 5.69 Å². The smallest absolute Gasteiger partial charge is 0.309 e. The number of benzene rings is 2. The first-order chi connectivity index (χ1) is 13.8. The van der Waals surface area contributed by atoms with Crippen molar-refractivity contribution in [2.45, 2.75) is 19.4 Å². The first-order valence-corrected chi connectivity index (χ1v) is 8.70. The van der Waals surface area contributed by atoms with E-state index in [4.69, 9.17) is 9.84 Å². The molecule has 0 spiro atoms. The molecule has 0 aliphatic rings. The van der Waals surface area contributed by atoms with Gasteiger partial charge in [0, 0.05) is 17.5 Å². The zero-order valence-electron chi connectivity index (χ0n) is 15.6. The van der Waals surface area contributed by atoms with Crippen molar-refractivity contribution in [1.82, 2.24) is 0 Å². The van der Waals surface area contributed by atoms with Crippen LogP contribution in [0.2, 0.25) is 0 Å². The van der Waals surface area contributed by atoms with Gasteiger partial charge in [-0.15, -0.1) is 0 Å². The highest BCUT2D eigenvalue weighted by Gasteiger charge is 2.26. The summed E-state index contributed by atoms with van der Waals surface area (Å²) >= 11 is 0. The maximum Gasteiger partial charge on any atom is 0.309 e. The first kappa shape index (κ1) is 21.7. The van der Waals surface area contributed by atoms with Gasteiger partial charge in [-0.2, -0.15) is 4.99 Å². The molecule has 0 aliphatic carbocycles. The fourth-order valence-electron chi connectivity index (χ4n) is 2.54. The number of aliphatic hydroxyl groups is 1. The molecule has 150 valence electrons. The Morgan fingerprint density at radius 1 is 1.03 bits per heavy atom. The van der Waals surface area contributed by atoms with E-state index in [1.807, 2.05) is 0 Å². The molecule has 2 rings (SSSR count). The van der Waals surface area contributed by atoms with E-state index in [9.17, 15) is 24.3 Å². The van der Waals surface area contributed by atoms with E-state index in [2.05, 4.69) is 4.99 Å². The second-order valence-electron chi connectivity index (χ2n) is 6.32. The number of aliphatic imine (C=N–C) groups is 1. The normalized spacial score (nSPS) is 12.3. The molecule has 29 heavy (non-hydrogen) atoms. The van der Waals surface area contributed by atoms with Crippen molar-refractivity contribution in [2.24, 2.45) is 10.9 Å². The molecule has 0 saturated carbocycles. The lowest BCUT2D eigenvalue weighted by atomic mass is 9.98. The van der Waals surface area contributed by atoms with Gasteiger partial charge in [0.1, 0.15) is 12.4 Å². The maximum atomic E-state index is 12.5. The van der Waals surface area contributed by atoms with Gasteiger partial charge in [0.25, 0.3) is 0 Å². The van der Waals surface area contributed by atoms with Crippen LogP contribution in [0, 0.1) is 5.92 Å². The number of aliphatic carboxylic acids is 1. The minimum atomic E-state index is -1.25. The molecular weight excluding hydrogens is 378 g/mol. The van der Waals surface area contributed by atoms with E-state index < -0.39 is 23.8 Å². The molecule has 0 amide bonds. The van der Waals surface area contributed by atoms with Crippen molar-refractivity contribution in [3.05, 3.63) is 59.7 Å². The molecule has 0 bridgehead atoms. The van der Waals surface area contributed by atoms with Crippen LogP contribution in [-0.4, -0.2) is 46.5 Å². The Labute approximate surface area is 166 Å². The Kier molecular flexibility index (Phi) is 7.54. The Morgan fingerprint density at radius 3 is 2.07 bits per heavy atom. The van der Waals surface area contributed by atoms with Crippen LogP contribution in [0.3, 0.4) is 0 Å². The lowest BCUT2D eigenvalue weighted by Crippen LogP contribution is -2.29. The third-order valence-corrected chi connectivity index (χ3v) is 4.17. The quantitative estimate of drug-likeness (QED) is 0.357. The number of isocyanates is 1. The largest absolute Gasteiger partial charge is 0.486 e. The molecule has 0 fully saturated rings. The van der Waals surface area contributed by atoms with Gasteiger partial charge in [-0.05, 0) is 55.5 Å². The predicted molar refractivity (Wildman–Crippen MR) is 102 cm³/mol. The number of rotatable bonds is 10. The Morgan fingerprint density at radius 2 is 1.59 bits per heavy atom. The van der Waals surface area contributed by atoms with Crippen molar-refractivity contribution >= 4 is 29.3 Å². The molecule has 2 aromatic carbocycles. The highest BCUT2D eigenvalue weighted by Crippen LogP contribution is 2.18. The summed E-state index contributed by atoms with van der Waals surface area (Å²) in [6.07, 6.45) is -0.0690. The third-order valence-electron chi connectivity index (χ3n) is 4.17. The molecule has 0 aromatic heterocycles. The number of ketones is 2. The molecule has 0 saturated heterocycles. The molecule has 0 heterocycles. The molecule has 0 radical (unpaired) electrons. The Bertz CT molecular complexity index is 927. The average molecular weight is 397 g/mol. The molecule has 8 nitrogen and oxygen atoms in total. The van der Waals surface area contributed by atoms with E-state index in [1.54, 1.807) is 12.1 Å². The van der Waals surface area contributed by atoms with Gasteiger partial charge >= 0.3 is 5.97 Å². The highest BCUT2D eigenvalue weighted by molar-refractivity contribution is 6.09. The molecule has 2 aromatic rings. The zero-order valence-corrected chi connectivity index (χ0v) is 15.6. The molecule has 2 N–H and O–H groups in total. The second-order valence-corrected chi connectivity index (χ2v) is 6.32. The van der Waals surface area contributed by atoms with Crippen molar-refractivity contribution < 1.29 is 34.1 Å². The summed E-state index contributed by atoms with van der Waals surface area (Å²) in [6, 6.07) is 12.3. The van der Waals surface area contributed by atoms with Crippen molar-refractivity contribution in [1.29, 1.82) is 0 Å². The topological polar surface area (TPSA) is 130 Å². The van der Waals surface area contributed by atoms with Crippen molar-refractivity contribution in [3.63, 3.8) is 0 Å². The summed E-state index contributed by atoms with van der Waals surface area (Å²) in [5.74, 6) is -2.79. The highest BCUT2D eigenvalue weighted by atomic mass is 16.5. The minimum absolute atomic E-state index is 0.240. The number of ether oxygens (including phenoxy) is 1. The SMILES string of the molecule is CC(O)C(CC(=O)COc1ccc(C(=O)c2ccc(N=C=O)cc2)cc1)C(=O)O. The zero-order chi connectivity index (χ0) is 21.4. The van der Waals surface area contributed by atoms with Crippen LogP contribution < -0.4 is 4.74 Å². The van der Waals surface area contributed by atoms with Crippen LogP contribution in [0.15, 0.2) is 53.5 Å². The van der Waals surface area contributed by atoms with Crippen LogP contribution in [0.25, 0.3) is 0 Å². The monoisotopic (exact) mass is 397 g/mol. The number of nitrogens with zero attached hydrogens (tertiary/aromatic N) is 1. The minimum Gasteiger partial charge on any atom is -0.486 e. The lowest BCUT2D eigenvalue weighted by molar-refractivity contribution is -0.147. The van der Waals surface area contributed by atoms with E-state index in [0.29, 0.717) is 22.6 Å². The summed E-state index contributed by atoms with van der Waals surface area (Å²) in [7, 11) is 0. The van der Waals surface area contributed by atoms with Crippen molar-refractivity contribution in [3.8, 4) is 5.75 Å². The van der Waals surface area contributed by atoms with E-state index in [1.165, 1.54) is 49.4 Å². The Balaban J connectivity index is 1.95. The Hall–Kier alpha value is -3.61. The predicted octanol–water partition coefficient (Wildman–Crippen LogP) is 2.30. The summed E-state index contributed by atoms with van der Waals surface area (Å²) in [4.78, 5) is 49.0. The molecule has 0 aliphatic heterocycles. The van der Waals surface area contributed by atoms with Gasteiger partial charge in [-0.25, -0.2) is 4.79 Å². The third kappa shape index (κ3) is 6.21. The van der Waals surface area contributed by atoms with Gasteiger partial charge in [0.15, 0.2) is 11.6 Å². The maximum absolute atomic E-state index is 12.5. The molecular formula is C21H19NO7.